The molecule has 1 aromatic carbocycles. The molecular weight excluding hydrogens is 274 g/mol. The first-order valence-electron chi connectivity index (χ1n) is 7.91. The molecule has 0 bridgehead atoms. The van der Waals surface area contributed by atoms with Crippen LogP contribution in [0.2, 0.25) is 0 Å². The van der Waals surface area contributed by atoms with Gasteiger partial charge in [0.15, 0.2) is 0 Å². The van der Waals surface area contributed by atoms with Crippen molar-refractivity contribution in [3.8, 4) is 0 Å². The number of aromatic nitrogens is 1. The lowest BCUT2D eigenvalue weighted by Crippen LogP contribution is -2.62. The van der Waals surface area contributed by atoms with Crippen LogP contribution in [0.15, 0.2) is 36.5 Å². The number of likely N-dealkylation sites (N-methyl/N-ethyl adjacent to an activating group) is 1. The average molecular weight is 297 g/mol. The molecule has 0 saturated carbocycles. The molecule has 0 unspecified atom stereocenters. The highest BCUT2D eigenvalue weighted by molar-refractivity contribution is 5.86. The van der Waals surface area contributed by atoms with Crippen molar-refractivity contribution in [2.45, 2.75) is 32.9 Å². The fraction of sp³-hybridized carbons (Fsp3) is 0.444. The molecule has 1 aromatic heterocycles. The van der Waals surface area contributed by atoms with Crippen LogP contribution in [-0.4, -0.2) is 45.9 Å². The standard InChI is InChI=1S/C18H23N3O/c1-4-20-11-12-21(18(2,3)17(20)22)13-15-8-5-7-14-9-6-10-19-16(14)15/h5-10H,4,11-13H2,1-3H3. The Morgan fingerprint density at radius 3 is 2.73 bits per heavy atom. The predicted octanol–water partition coefficient (Wildman–Crippen LogP) is 2.68. The zero-order valence-corrected chi connectivity index (χ0v) is 13.5. The molecule has 3 rings (SSSR count). The highest BCUT2D eigenvalue weighted by atomic mass is 16.2. The maximum Gasteiger partial charge on any atom is 0.242 e. The molecular formula is C18H23N3O. The average Bonchev–Trinajstić information content (AvgIpc) is 2.53. The largest absolute Gasteiger partial charge is 0.340 e. The van der Waals surface area contributed by atoms with Crippen LogP contribution in [0, 0.1) is 0 Å². The van der Waals surface area contributed by atoms with Crippen LogP contribution in [0.25, 0.3) is 10.9 Å². The first-order valence-corrected chi connectivity index (χ1v) is 7.91. The summed E-state index contributed by atoms with van der Waals surface area (Å²) in [7, 11) is 0. The molecule has 2 aromatic rings. The summed E-state index contributed by atoms with van der Waals surface area (Å²) >= 11 is 0. The van der Waals surface area contributed by atoms with Gasteiger partial charge in [-0.25, -0.2) is 0 Å². The summed E-state index contributed by atoms with van der Waals surface area (Å²) in [6.07, 6.45) is 1.83. The topological polar surface area (TPSA) is 36.4 Å². The number of piperazine rings is 1. The normalized spacial score (nSPS) is 18.9. The van der Waals surface area contributed by atoms with Crippen LogP contribution in [0.5, 0.6) is 0 Å². The number of nitrogens with zero attached hydrogens (tertiary/aromatic N) is 3. The van der Waals surface area contributed by atoms with E-state index in [1.165, 1.54) is 5.56 Å². The number of carbonyl (C=O) groups excluding carboxylic acids is 1. The summed E-state index contributed by atoms with van der Waals surface area (Å²) in [5.74, 6) is 0.217. The van der Waals surface area contributed by atoms with Crippen LogP contribution in [0.4, 0.5) is 0 Å². The smallest absolute Gasteiger partial charge is 0.242 e. The second-order valence-corrected chi connectivity index (χ2v) is 6.36. The second-order valence-electron chi connectivity index (χ2n) is 6.36. The highest BCUT2D eigenvalue weighted by Gasteiger charge is 2.41. The van der Waals surface area contributed by atoms with Crippen LogP contribution < -0.4 is 0 Å². The minimum absolute atomic E-state index is 0.217. The molecule has 2 heterocycles. The fourth-order valence-electron chi connectivity index (χ4n) is 3.22. The van der Waals surface area contributed by atoms with Crippen molar-refractivity contribution in [1.82, 2.24) is 14.8 Å². The van der Waals surface area contributed by atoms with Gasteiger partial charge in [-0.05, 0) is 32.4 Å². The van der Waals surface area contributed by atoms with Crippen molar-refractivity contribution in [2.24, 2.45) is 0 Å². The lowest BCUT2D eigenvalue weighted by atomic mass is 9.96. The minimum Gasteiger partial charge on any atom is -0.340 e. The SMILES string of the molecule is CCN1CCN(Cc2cccc3cccnc23)C(C)(C)C1=O. The van der Waals surface area contributed by atoms with Gasteiger partial charge in [0.05, 0.1) is 11.1 Å². The van der Waals surface area contributed by atoms with E-state index >= 15 is 0 Å². The van der Waals surface area contributed by atoms with Crippen LogP contribution in [0.3, 0.4) is 0 Å². The molecule has 0 aliphatic carbocycles. The number of hydrogen-bond donors (Lipinski definition) is 0. The third-order valence-electron chi connectivity index (χ3n) is 4.70. The van der Waals surface area contributed by atoms with Gasteiger partial charge in [0, 0.05) is 37.8 Å². The molecule has 1 saturated heterocycles. The molecule has 4 nitrogen and oxygen atoms in total. The molecule has 0 N–H and O–H groups in total. The number of hydrogen-bond acceptors (Lipinski definition) is 3. The first-order chi connectivity index (χ1) is 10.5. The van der Waals surface area contributed by atoms with E-state index in [-0.39, 0.29) is 5.91 Å². The van der Waals surface area contributed by atoms with E-state index < -0.39 is 5.54 Å². The first kappa shape index (κ1) is 15.0. The van der Waals surface area contributed by atoms with Crippen molar-refractivity contribution in [2.75, 3.05) is 19.6 Å². The van der Waals surface area contributed by atoms with Gasteiger partial charge in [0.25, 0.3) is 0 Å². The number of amides is 1. The number of carbonyl (C=O) groups is 1. The quantitative estimate of drug-likeness (QED) is 0.874. The van der Waals surface area contributed by atoms with Crippen molar-refractivity contribution in [3.05, 3.63) is 42.1 Å². The second kappa shape index (κ2) is 5.69. The Bertz CT molecular complexity index is 690. The van der Waals surface area contributed by atoms with E-state index in [0.717, 1.165) is 37.1 Å². The lowest BCUT2D eigenvalue weighted by molar-refractivity contribution is -0.149. The summed E-state index contributed by atoms with van der Waals surface area (Å²) in [5, 5.41) is 1.15. The molecule has 1 aliphatic rings. The van der Waals surface area contributed by atoms with Gasteiger partial charge in [0.1, 0.15) is 0 Å². The molecule has 1 amide bonds. The van der Waals surface area contributed by atoms with E-state index in [1.807, 2.05) is 37.9 Å². The van der Waals surface area contributed by atoms with Crippen LogP contribution in [0.1, 0.15) is 26.3 Å². The number of rotatable bonds is 3. The van der Waals surface area contributed by atoms with Gasteiger partial charge < -0.3 is 4.90 Å². The minimum atomic E-state index is -0.467. The van der Waals surface area contributed by atoms with Crippen LogP contribution in [-0.2, 0) is 11.3 Å². The summed E-state index contributed by atoms with van der Waals surface area (Å²) < 4.78 is 0. The van der Waals surface area contributed by atoms with E-state index in [2.05, 4.69) is 34.1 Å². The van der Waals surface area contributed by atoms with E-state index in [9.17, 15) is 4.79 Å². The third kappa shape index (κ3) is 2.48. The van der Waals surface area contributed by atoms with Gasteiger partial charge in [-0.1, -0.05) is 24.3 Å². The van der Waals surface area contributed by atoms with Crippen LogP contribution >= 0.6 is 0 Å². The van der Waals surface area contributed by atoms with E-state index in [0.29, 0.717) is 0 Å². The number of fused-ring (bicyclic) bond motifs is 1. The maximum absolute atomic E-state index is 12.6. The molecule has 1 fully saturated rings. The summed E-state index contributed by atoms with van der Waals surface area (Å²) in [6, 6.07) is 10.3. The Morgan fingerprint density at radius 1 is 1.18 bits per heavy atom. The van der Waals surface area contributed by atoms with Gasteiger partial charge >= 0.3 is 0 Å². The molecule has 116 valence electrons. The fourth-order valence-corrected chi connectivity index (χ4v) is 3.22. The van der Waals surface area contributed by atoms with Crippen molar-refractivity contribution >= 4 is 16.8 Å². The third-order valence-corrected chi connectivity index (χ3v) is 4.70. The van der Waals surface area contributed by atoms with Crippen molar-refractivity contribution < 1.29 is 4.79 Å². The Labute approximate surface area is 131 Å². The van der Waals surface area contributed by atoms with Crippen molar-refractivity contribution in [3.63, 3.8) is 0 Å². The maximum atomic E-state index is 12.6. The number of benzene rings is 1. The summed E-state index contributed by atoms with van der Waals surface area (Å²) in [5.41, 5.74) is 1.75. The van der Waals surface area contributed by atoms with Crippen molar-refractivity contribution in [1.29, 1.82) is 0 Å². The zero-order valence-electron chi connectivity index (χ0n) is 13.5. The molecule has 0 spiro atoms. The predicted molar refractivity (Wildman–Crippen MR) is 88.5 cm³/mol. The molecule has 4 heteroatoms. The molecule has 0 radical (unpaired) electrons. The highest BCUT2D eigenvalue weighted by Crippen LogP contribution is 2.26. The van der Waals surface area contributed by atoms with Gasteiger partial charge in [-0.15, -0.1) is 0 Å². The van der Waals surface area contributed by atoms with E-state index in [4.69, 9.17) is 0 Å². The summed E-state index contributed by atoms with van der Waals surface area (Å²) in [4.78, 5) is 21.3. The van der Waals surface area contributed by atoms with Gasteiger partial charge in [-0.3, -0.25) is 14.7 Å². The summed E-state index contributed by atoms with van der Waals surface area (Å²) in [6.45, 7) is 9.33. The Morgan fingerprint density at radius 2 is 1.95 bits per heavy atom. The molecule has 0 atom stereocenters. The number of para-hydroxylation sites is 1. The van der Waals surface area contributed by atoms with Gasteiger partial charge in [0.2, 0.25) is 5.91 Å². The molecule has 1 aliphatic heterocycles. The Hall–Kier alpha value is -1.94. The number of pyridine rings is 1. The Balaban J connectivity index is 1.90. The lowest BCUT2D eigenvalue weighted by Gasteiger charge is -2.45. The Kier molecular flexibility index (Phi) is 3.87. The monoisotopic (exact) mass is 297 g/mol. The van der Waals surface area contributed by atoms with E-state index in [1.54, 1.807) is 0 Å². The molecule has 22 heavy (non-hydrogen) atoms. The van der Waals surface area contributed by atoms with Gasteiger partial charge in [-0.2, -0.15) is 0 Å². The zero-order chi connectivity index (χ0) is 15.7.